The summed E-state index contributed by atoms with van der Waals surface area (Å²) in [5, 5.41) is 3.98. The predicted molar refractivity (Wildman–Crippen MR) is 77.8 cm³/mol. The lowest BCUT2D eigenvalue weighted by molar-refractivity contribution is 0.363. The first-order valence-corrected chi connectivity index (χ1v) is 7.21. The first kappa shape index (κ1) is 14.1. The number of rotatable bonds is 4. The van der Waals surface area contributed by atoms with Gasteiger partial charge in [-0.25, -0.2) is 0 Å². The van der Waals surface area contributed by atoms with E-state index in [1.165, 1.54) is 0 Å². The van der Waals surface area contributed by atoms with Crippen LogP contribution >= 0.6 is 11.8 Å². The first-order valence-electron chi connectivity index (χ1n) is 6.23. The second-order valence-electron chi connectivity index (χ2n) is 5.34. The monoisotopic (exact) mass is 277 g/mol. The van der Waals surface area contributed by atoms with E-state index in [0.717, 1.165) is 11.3 Å². The van der Waals surface area contributed by atoms with Gasteiger partial charge >= 0.3 is 0 Å². The highest BCUT2D eigenvalue weighted by Crippen LogP contribution is 2.26. The van der Waals surface area contributed by atoms with Crippen LogP contribution in [0.2, 0.25) is 0 Å². The summed E-state index contributed by atoms with van der Waals surface area (Å²) < 4.78 is 5.43. The molecule has 2 rings (SSSR count). The summed E-state index contributed by atoms with van der Waals surface area (Å²) in [5.41, 5.74) is 7.08. The number of benzene rings is 1. The SMILES string of the molecule is CC(C)(C)SCc1noc([C@H](N)c2ccccc2)n1. The highest BCUT2D eigenvalue weighted by molar-refractivity contribution is 7.99. The van der Waals surface area contributed by atoms with Crippen molar-refractivity contribution < 1.29 is 4.52 Å². The Morgan fingerprint density at radius 3 is 2.58 bits per heavy atom. The van der Waals surface area contributed by atoms with E-state index in [2.05, 4.69) is 30.9 Å². The van der Waals surface area contributed by atoms with Gasteiger partial charge in [0, 0.05) is 4.75 Å². The van der Waals surface area contributed by atoms with Crippen LogP contribution in [-0.4, -0.2) is 14.9 Å². The van der Waals surface area contributed by atoms with Gasteiger partial charge in [-0.3, -0.25) is 0 Å². The average Bonchev–Trinajstić information content (AvgIpc) is 2.84. The van der Waals surface area contributed by atoms with Gasteiger partial charge in [0.05, 0.1) is 5.75 Å². The highest BCUT2D eigenvalue weighted by Gasteiger charge is 2.18. The van der Waals surface area contributed by atoms with Crippen molar-refractivity contribution in [2.24, 2.45) is 5.73 Å². The number of nitrogens with two attached hydrogens (primary N) is 1. The molecule has 19 heavy (non-hydrogen) atoms. The number of aromatic nitrogens is 2. The zero-order valence-electron chi connectivity index (χ0n) is 11.5. The Morgan fingerprint density at radius 2 is 1.95 bits per heavy atom. The van der Waals surface area contributed by atoms with Gasteiger partial charge in [-0.2, -0.15) is 4.98 Å². The fourth-order valence-electron chi connectivity index (χ4n) is 1.54. The molecule has 2 aromatic rings. The topological polar surface area (TPSA) is 64.9 Å². The van der Waals surface area contributed by atoms with E-state index >= 15 is 0 Å². The highest BCUT2D eigenvalue weighted by atomic mass is 32.2. The molecule has 0 aliphatic rings. The largest absolute Gasteiger partial charge is 0.337 e. The van der Waals surface area contributed by atoms with E-state index in [0.29, 0.717) is 11.7 Å². The molecule has 0 unspecified atom stereocenters. The molecular formula is C14H19N3OS. The van der Waals surface area contributed by atoms with Crippen LogP contribution in [0.25, 0.3) is 0 Å². The standard InChI is InChI=1S/C14H19N3OS/c1-14(2,3)19-9-11-16-13(18-17-11)12(15)10-7-5-4-6-8-10/h4-8,12H,9,15H2,1-3H3/t12-/m1/s1. The Morgan fingerprint density at radius 1 is 1.26 bits per heavy atom. The normalized spacial score (nSPS) is 13.5. The molecule has 1 aromatic carbocycles. The average molecular weight is 277 g/mol. The Kier molecular flexibility index (Phi) is 4.27. The number of thioether (sulfide) groups is 1. The molecule has 0 saturated carbocycles. The maximum absolute atomic E-state index is 6.11. The van der Waals surface area contributed by atoms with E-state index in [4.69, 9.17) is 10.3 Å². The van der Waals surface area contributed by atoms with Gasteiger partial charge in [0.25, 0.3) is 0 Å². The summed E-state index contributed by atoms with van der Waals surface area (Å²) >= 11 is 1.78. The minimum Gasteiger partial charge on any atom is -0.337 e. The number of nitrogens with zero attached hydrogens (tertiary/aromatic N) is 2. The molecule has 102 valence electrons. The van der Waals surface area contributed by atoms with Gasteiger partial charge in [0.2, 0.25) is 5.89 Å². The zero-order chi connectivity index (χ0) is 13.9. The smallest absolute Gasteiger partial charge is 0.248 e. The van der Waals surface area contributed by atoms with Crippen molar-refractivity contribution >= 4 is 11.8 Å². The van der Waals surface area contributed by atoms with Crippen molar-refractivity contribution in [1.82, 2.24) is 10.1 Å². The third kappa shape index (κ3) is 4.08. The van der Waals surface area contributed by atoms with Crippen LogP contribution in [0.4, 0.5) is 0 Å². The van der Waals surface area contributed by atoms with Crippen molar-refractivity contribution in [1.29, 1.82) is 0 Å². The van der Waals surface area contributed by atoms with E-state index in [-0.39, 0.29) is 10.8 Å². The molecule has 2 N–H and O–H groups in total. The van der Waals surface area contributed by atoms with Crippen LogP contribution in [0, 0.1) is 0 Å². The van der Waals surface area contributed by atoms with E-state index in [1.54, 1.807) is 11.8 Å². The van der Waals surface area contributed by atoms with Gasteiger partial charge in [0.15, 0.2) is 5.82 Å². The lowest BCUT2D eigenvalue weighted by Gasteiger charge is -2.15. The van der Waals surface area contributed by atoms with Crippen molar-refractivity contribution in [2.75, 3.05) is 0 Å². The van der Waals surface area contributed by atoms with E-state index < -0.39 is 0 Å². The molecule has 1 aromatic heterocycles. The van der Waals surface area contributed by atoms with Crippen molar-refractivity contribution in [3.05, 3.63) is 47.6 Å². The maximum atomic E-state index is 6.11. The summed E-state index contributed by atoms with van der Waals surface area (Å²) in [6.45, 7) is 6.48. The van der Waals surface area contributed by atoms with Crippen molar-refractivity contribution in [3.8, 4) is 0 Å². The van der Waals surface area contributed by atoms with Crippen LogP contribution in [0.15, 0.2) is 34.9 Å². The molecule has 1 heterocycles. The van der Waals surface area contributed by atoms with Crippen molar-refractivity contribution in [2.45, 2.75) is 37.3 Å². The Hall–Kier alpha value is -1.33. The molecule has 0 radical (unpaired) electrons. The molecule has 5 heteroatoms. The van der Waals surface area contributed by atoms with Gasteiger partial charge in [0.1, 0.15) is 6.04 Å². The summed E-state index contributed by atoms with van der Waals surface area (Å²) in [7, 11) is 0. The molecule has 0 bridgehead atoms. The van der Waals surface area contributed by atoms with Crippen LogP contribution in [0.5, 0.6) is 0 Å². The molecule has 0 amide bonds. The Labute approximate surface area is 117 Å². The van der Waals surface area contributed by atoms with Gasteiger partial charge < -0.3 is 10.3 Å². The Balaban J connectivity index is 2.05. The lowest BCUT2D eigenvalue weighted by Crippen LogP contribution is -2.12. The summed E-state index contributed by atoms with van der Waals surface area (Å²) in [4.78, 5) is 4.37. The van der Waals surface area contributed by atoms with Crippen molar-refractivity contribution in [3.63, 3.8) is 0 Å². The summed E-state index contributed by atoms with van der Waals surface area (Å²) in [5.74, 6) is 1.89. The minimum atomic E-state index is -0.359. The number of hydrogen-bond donors (Lipinski definition) is 1. The second kappa shape index (κ2) is 5.75. The summed E-state index contributed by atoms with van der Waals surface area (Å²) in [6, 6.07) is 9.40. The van der Waals surface area contributed by atoms with Crippen LogP contribution in [0.3, 0.4) is 0 Å². The molecule has 0 aliphatic carbocycles. The maximum Gasteiger partial charge on any atom is 0.248 e. The zero-order valence-corrected chi connectivity index (χ0v) is 12.3. The molecule has 0 saturated heterocycles. The Bertz CT molecular complexity index is 519. The quantitative estimate of drug-likeness (QED) is 0.930. The molecule has 0 spiro atoms. The van der Waals surface area contributed by atoms with Crippen LogP contribution in [-0.2, 0) is 5.75 Å². The van der Waals surface area contributed by atoms with Gasteiger partial charge in [-0.05, 0) is 5.56 Å². The lowest BCUT2D eigenvalue weighted by atomic mass is 10.1. The molecule has 0 fully saturated rings. The second-order valence-corrected chi connectivity index (χ2v) is 7.14. The first-order chi connectivity index (χ1) is 8.96. The molecule has 1 atom stereocenters. The van der Waals surface area contributed by atoms with Gasteiger partial charge in [-0.1, -0.05) is 56.3 Å². The minimum absolute atomic E-state index is 0.183. The van der Waals surface area contributed by atoms with Crippen LogP contribution in [0.1, 0.15) is 44.1 Å². The summed E-state index contributed by atoms with van der Waals surface area (Å²) in [6.07, 6.45) is 0. The van der Waals surface area contributed by atoms with Crippen LogP contribution < -0.4 is 5.73 Å². The van der Waals surface area contributed by atoms with Gasteiger partial charge in [-0.15, -0.1) is 11.8 Å². The predicted octanol–water partition coefficient (Wildman–Crippen LogP) is 3.15. The fourth-order valence-corrected chi connectivity index (χ4v) is 2.22. The molecule has 0 aliphatic heterocycles. The molecule has 4 nitrogen and oxygen atoms in total. The fraction of sp³-hybridized carbons (Fsp3) is 0.429. The third-order valence-corrected chi connectivity index (χ3v) is 3.81. The van der Waals surface area contributed by atoms with E-state index in [9.17, 15) is 0 Å². The third-order valence-electron chi connectivity index (χ3n) is 2.54. The molecular weight excluding hydrogens is 258 g/mol. The van der Waals surface area contributed by atoms with E-state index in [1.807, 2.05) is 30.3 Å². The number of hydrogen-bond acceptors (Lipinski definition) is 5.